The number of ketones is 2. The average Bonchev–Trinajstić information content (AvgIpc) is 3.17. The van der Waals surface area contributed by atoms with E-state index in [4.69, 9.17) is 13.9 Å². The Morgan fingerprint density at radius 3 is 1.78 bits per heavy atom. The van der Waals surface area contributed by atoms with E-state index in [0.29, 0.717) is 32.5 Å². The number of aliphatic hydroxyl groups excluding tert-OH is 2. The molecule has 0 bridgehead atoms. The standard InChI is InChI=1S/C46H56O7Si/c1-36(44(50)32-45(52-34-38-22-11-6-12-23-38)43(49)29-30-51-33-37-20-9-5-10-21-37)19-17-18-24-39(47)31-40(48)35-53-54(46(2,3)4,41-25-13-7-14-26-41)42-27-15-8-16-28-42/h5-16,20-23,25-28,36,40,43,45,48-49H,17,19,29-35H2,1-4H3/t36-,40-,43-,45-/m0/s1. The molecular formula is C46H56O7Si. The predicted octanol–water partition coefficient (Wildman–Crippen LogP) is 6.82. The van der Waals surface area contributed by atoms with Gasteiger partial charge in [-0.1, -0.05) is 155 Å². The second-order valence-electron chi connectivity index (χ2n) is 14.9. The lowest BCUT2D eigenvalue weighted by Crippen LogP contribution is -2.67. The molecular weight excluding hydrogens is 693 g/mol. The molecule has 0 radical (unpaired) electrons. The fourth-order valence-corrected chi connectivity index (χ4v) is 11.2. The van der Waals surface area contributed by atoms with Crippen molar-refractivity contribution in [3.8, 4) is 11.8 Å². The third-order valence-corrected chi connectivity index (χ3v) is 14.6. The smallest absolute Gasteiger partial charge is 0.261 e. The largest absolute Gasteiger partial charge is 0.405 e. The van der Waals surface area contributed by atoms with Gasteiger partial charge in [-0.25, -0.2) is 0 Å². The Morgan fingerprint density at radius 2 is 1.24 bits per heavy atom. The third-order valence-electron chi connectivity index (χ3n) is 9.62. The van der Waals surface area contributed by atoms with Crippen LogP contribution in [0.2, 0.25) is 5.04 Å². The Balaban J connectivity index is 1.28. The molecule has 2 N–H and O–H groups in total. The van der Waals surface area contributed by atoms with E-state index in [2.05, 4.69) is 56.9 Å². The Labute approximate surface area is 322 Å². The summed E-state index contributed by atoms with van der Waals surface area (Å²) in [7, 11) is -2.85. The zero-order valence-corrected chi connectivity index (χ0v) is 33.2. The van der Waals surface area contributed by atoms with Crippen LogP contribution < -0.4 is 10.4 Å². The third kappa shape index (κ3) is 13.0. The number of benzene rings is 4. The number of rotatable bonds is 21. The summed E-state index contributed by atoms with van der Waals surface area (Å²) in [5.74, 6) is 4.80. The van der Waals surface area contributed by atoms with Gasteiger partial charge in [-0.2, -0.15) is 0 Å². The average molecular weight is 749 g/mol. The van der Waals surface area contributed by atoms with Crippen molar-refractivity contribution in [1.29, 1.82) is 0 Å². The van der Waals surface area contributed by atoms with Gasteiger partial charge in [0.2, 0.25) is 5.78 Å². The highest BCUT2D eigenvalue weighted by Crippen LogP contribution is 2.37. The summed E-state index contributed by atoms with van der Waals surface area (Å²) < 4.78 is 18.6. The molecule has 4 aromatic carbocycles. The summed E-state index contributed by atoms with van der Waals surface area (Å²) in [4.78, 5) is 26.1. The molecule has 7 nitrogen and oxygen atoms in total. The van der Waals surface area contributed by atoms with E-state index < -0.39 is 26.6 Å². The van der Waals surface area contributed by atoms with E-state index in [1.807, 2.05) is 104 Å². The van der Waals surface area contributed by atoms with Crippen molar-refractivity contribution in [1.82, 2.24) is 0 Å². The van der Waals surface area contributed by atoms with Crippen molar-refractivity contribution in [2.75, 3.05) is 13.2 Å². The second kappa shape index (κ2) is 21.6. The minimum atomic E-state index is -2.85. The van der Waals surface area contributed by atoms with Gasteiger partial charge in [0, 0.05) is 31.8 Å². The van der Waals surface area contributed by atoms with Gasteiger partial charge in [-0.3, -0.25) is 9.59 Å². The maximum Gasteiger partial charge on any atom is 0.261 e. The first-order valence-corrected chi connectivity index (χ1v) is 20.8. The molecule has 0 heterocycles. The van der Waals surface area contributed by atoms with Crippen molar-refractivity contribution in [3.05, 3.63) is 132 Å². The maximum atomic E-state index is 13.3. The molecule has 0 aliphatic carbocycles. The normalized spacial score (nSPS) is 14.0. The van der Waals surface area contributed by atoms with Crippen molar-refractivity contribution in [2.45, 2.75) is 96.4 Å². The monoisotopic (exact) mass is 748 g/mol. The number of aliphatic hydroxyl groups is 2. The Bertz CT molecular complexity index is 1710. The molecule has 4 atom stereocenters. The molecule has 0 aliphatic rings. The number of hydrogen-bond acceptors (Lipinski definition) is 7. The number of carbonyl (C=O) groups excluding carboxylic acids is 2. The summed E-state index contributed by atoms with van der Waals surface area (Å²) in [5.41, 5.74) is 2.00. The van der Waals surface area contributed by atoms with E-state index >= 15 is 0 Å². The van der Waals surface area contributed by atoms with Crippen molar-refractivity contribution < 1.29 is 33.7 Å². The maximum absolute atomic E-state index is 13.3. The fourth-order valence-electron chi connectivity index (χ4n) is 6.55. The molecule has 4 aromatic rings. The van der Waals surface area contributed by atoms with Gasteiger partial charge >= 0.3 is 0 Å². The van der Waals surface area contributed by atoms with E-state index in [1.165, 1.54) is 0 Å². The first-order valence-electron chi connectivity index (χ1n) is 18.9. The van der Waals surface area contributed by atoms with Crippen LogP contribution in [0, 0.1) is 17.8 Å². The first kappa shape index (κ1) is 42.5. The highest BCUT2D eigenvalue weighted by atomic mass is 28.4. The minimum absolute atomic E-state index is 0.00471. The summed E-state index contributed by atoms with van der Waals surface area (Å²) in [5, 5.41) is 24.0. The first-order chi connectivity index (χ1) is 26.0. The van der Waals surface area contributed by atoms with Gasteiger partial charge in [0.25, 0.3) is 8.32 Å². The Hall–Kier alpha value is -4.20. The quantitative estimate of drug-likeness (QED) is 0.0418. The van der Waals surface area contributed by atoms with Crippen LogP contribution >= 0.6 is 0 Å². The van der Waals surface area contributed by atoms with E-state index in [-0.39, 0.29) is 48.6 Å². The minimum Gasteiger partial charge on any atom is -0.405 e. The molecule has 286 valence electrons. The molecule has 0 saturated carbocycles. The predicted molar refractivity (Wildman–Crippen MR) is 217 cm³/mol. The van der Waals surface area contributed by atoms with Gasteiger partial charge in [0.05, 0.1) is 38.1 Å². The van der Waals surface area contributed by atoms with Crippen LogP contribution in [-0.2, 0) is 36.7 Å². The molecule has 4 rings (SSSR count). The topological polar surface area (TPSA) is 102 Å². The van der Waals surface area contributed by atoms with Crippen LogP contribution in [0.5, 0.6) is 0 Å². The van der Waals surface area contributed by atoms with Crippen LogP contribution in [0.3, 0.4) is 0 Å². The SMILES string of the molecule is C[C@@H](CCC#CC(=O)C[C@H](O)CO[Si](c1ccccc1)(c1ccccc1)C(C)(C)C)C(=O)C[C@H](OCc1ccccc1)[C@@H](O)CCOCc1ccccc1. The van der Waals surface area contributed by atoms with Gasteiger partial charge in [0.1, 0.15) is 5.78 Å². The zero-order valence-electron chi connectivity index (χ0n) is 32.2. The van der Waals surface area contributed by atoms with Crippen LogP contribution in [0.25, 0.3) is 0 Å². The number of carbonyl (C=O) groups is 2. The van der Waals surface area contributed by atoms with Gasteiger partial charge in [0.15, 0.2) is 0 Å². The molecule has 0 spiro atoms. The van der Waals surface area contributed by atoms with Crippen molar-refractivity contribution in [2.24, 2.45) is 5.92 Å². The summed E-state index contributed by atoms with van der Waals surface area (Å²) >= 11 is 0. The highest BCUT2D eigenvalue weighted by molar-refractivity contribution is 6.99. The van der Waals surface area contributed by atoms with Crippen molar-refractivity contribution >= 4 is 30.3 Å². The zero-order chi connectivity index (χ0) is 38.8. The Morgan fingerprint density at radius 1 is 0.722 bits per heavy atom. The summed E-state index contributed by atoms with van der Waals surface area (Å²) in [6.07, 6.45) is -1.55. The molecule has 0 saturated heterocycles. The summed E-state index contributed by atoms with van der Waals surface area (Å²) in [6.45, 7) is 9.38. The summed E-state index contributed by atoms with van der Waals surface area (Å²) in [6, 6.07) is 39.8. The van der Waals surface area contributed by atoms with Crippen LogP contribution in [-0.4, -0.2) is 61.6 Å². The molecule has 0 fully saturated rings. The van der Waals surface area contributed by atoms with Crippen LogP contribution in [0.15, 0.2) is 121 Å². The molecule has 0 unspecified atom stereocenters. The molecule has 0 aliphatic heterocycles. The lowest BCUT2D eigenvalue weighted by atomic mass is 9.94. The lowest BCUT2D eigenvalue weighted by molar-refractivity contribution is -0.130. The molecule has 54 heavy (non-hydrogen) atoms. The van der Waals surface area contributed by atoms with Gasteiger partial charge < -0.3 is 24.1 Å². The van der Waals surface area contributed by atoms with Gasteiger partial charge in [-0.05, 0) is 45.3 Å². The molecule has 0 aromatic heterocycles. The Kier molecular flexibility index (Phi) is 17.0. The number of Topliss-reactive ketones (excluding diaryl/α,β-unsaturated/α-hetero) is 2. The van der Waals surface area contributed by atoms with E-state index in [1.54, 1.807) is 0 Å². The molecule has 8 heteroatoms. The van der Waals surface area contributed by atoms with E-state index in [9.17, 15) is 19.8 Å². The van der Waals surface area contributed by atoms with E-state index in [0.717, 1.165) is 21.5 Å². The van der Waals surface area contributed by atoms with Gasteiger partial charge in [-0.15, -0.1) is 0 Å². The van der Waals surface area contributed by atoms with Crippen LogP contribution in [0.4, 0.5) is 0 Å². The lowest BCUT2D eigenvalue weighted by Gasteiger charge is -2.43. The highest BCUT2D eigenvalue weighted by Gasteiger charge is 2.50. The van der Waals surface area contributed by atoms with Crippen molar-refractivity contribution in [3.63, 3.8) is 0 Å². The van der Waals surface area contributed by atoms with Crippen LogP contribution in [0.1, 0.15) is 70.9 Å². The number of hydrogen-bond donors (Lipinski definition) is 2. The second-order valence-corrected chi connectivity index (χ2v) is 19.2. The number of ether oxygens (including phenoxy) is 2. The molecule has 0 amide bonds. The fraction of sp³-hybridized carbons (Fsp3) is 0.391.